The fourth-order valence-electron chi connectivity index (χ4n) is 1.79. The van der Waals surface area contributed by atoms with Crippen LogP contribution in [0.2, 0.25) is 0 Å². The molecule has 0 atom stereocenters. The summed E-state index contributed by atoms with van der Waals surface area (Å²) < 4.78 is 1.94. The van der Waals surface area contributed by atoms with Gasteiger partial charge in [0.1, 0.15) is 0 Å². The summed E-state index contributed by atoms with van der Waals surface area (Å²) in [5.74, 6) is 0.891. The number of imidazole rings is 1. The van der Waals surface area contributed by atoms with Crippen LogP contribution < -0.4 is 0 Å². The first-order valence-electron chi connectivity index (χ1n) is 6.60. The maximum absolute atomic E-state index is 9.15. The van der Waals surface area contributed by atoms with E-state index in [-0.39, 0.29) is 6.61 Å². The third kappa shape index (κ3) is 4.04. The zero-order valence-corrected chi connectivity index (χ0v) is 13.7. The molecule has 0 aliphatic rings. The normalized spacial score (nSPS) is 11.2. The first-order valence-corrected chi connectivity index (χ1v) is 8.46. The minimum absolute atomic E-state index is 0.0329. The second-order valence-electron chi connectivity index (χ2n) is 4.85. The van der Waals surface area contributed by atoms with Crippen LogP contribution in [0.25, 0.3) is 0 Å². The third-order valence-electron chi connectivity index (χ3n) is 2.87. The molecule has 1 heterocycles. The summed E-state index contributed by atoms with van der Waals surface area (Å²) in [5.41, 5.74) is 2.13. The molecule has 5 heteroatoms. The fourth-order valence-corrected chi connectivity index (χ4v) is 3.55. The topological polar surface area (TPSA) is 38.1 Å². The van der Waals surface area contributed by atoms with Crippen LogP contribution in [-0.4, -0.2) is 19.9 Å². The molecule has 0 radical (unpaired) electrons. The van der Waals surface area contributed by atoms with Crippen molar-refractivity contribution in [2.75, 3.05) is 0 Å². The van der Waals surface area contributed by atoms with Crippen molar-refractivity contribution >= 4 is 23.5 Å². The number of hydrogen-bond acceptors (Lipinski definition) is 4. The molecule has 0 aliphatic carbocycles. The van der Waals surface area contributed by atoms with Crippen molar-refractivity contribution in [3.8, 4) is 0 Å². The Labute approximate surface area is 128 Å². The quantitative estimate of drug-likeness (QED) is 0.826. The fraction of sp³-hybridized carbons (Fsp3) is 0.400. The Morgan fingerprint density at radius 2 is 1.95 bits per heavy atom. The molecule has 0 amide bonds. The lowest BCUT2D eigenvalue weighted by Crippen LogP contribution is -1.97. The van der Waals surface area contributed by atoms with Crippen LogP contribution in [0.3, 0.4) is 0 Å². The molecule has 1 aromatic heterocycles. The van der Waals surface area contributed by atoms with Crippen molar-refractivity contribution in [1.29, 1.82) is 0 Å². The van der Waals surface area contributed by atoms with E-state index < -0.39 is 0 Å². The molecule has 20 heavy (non-hydrogen) atoms. The van der Waals surface area contributed by atoms with Gasteiger partial charge in [-0.3, -0.25) is 0 Å². The van der Waals surface area contributed by atoms with E-state index in [1.165, 1.54) is 10.5 Å². The van der Waals surface area contributed by atoms with Crippen LogP contribution in [0.4, 0.5) is 0 Å². The van der Waals surface area contributed by atoms with Crippen molar-refractivity contribution in [2.45, 2.75) is 41.5 Å². The molecule has 108 valence electrons. The summed E-state index contributed by atoms with van der Waals surface area (Å²) in [6, 6.07) is 8.71. The summed E-state index contributed by atoms with van der Waals surface area (Å²) in [7, 11) is 1.93. The molecular formula is C15H20N2OS2. The van der Waals surface area contributed by atoms with Crippen LogP contribution >= 0.6 is 23.5 Å². The van der Waals surface area contributed by atoms with E-state index in [0.29, 0.717) is 5.25 Å². The minimum Gasteiger partial charge on any atom is -0.390 e. The molecule has 2 aromatic rings. The van der Waals surface area contributed by atoms with E-state index in [1.54, 1.807) is 18.0 Å². The lowest BCUT2D eigenvalue weighted by atomic mass is 10.2. The highest BCUT2D eigenvalue weighted by Crippen LogP contribution is 2.26. The Bertz CT molecular complexity index is 550. The maximum atomic E-state index is 9.15. The molecule has 2 rings (SSSR count). The maximum Gasteiger partial charge on any atom is 0.168 e. The lowest BCUT2D eigenvalue weighted by molar-refractivity contribution is 0.271. The molecule has 0 spiro atoms. The van der Waals surface area contributed by atoms with Crippen molar-refractivity contribution in [2.24, 2.45) is 7.05 Å². The monoisotopic (exact) mass is 308 g/mol. The molecular weight excluding hydrogens is 288 g/mol. The van der Waals surface area contributed by atoms with Crippen molar-refractivity contribution in [1.82, 2.24) is 9.55 Å². The summed E-state index contributed by atoms with van der Waals surface area (Å²) in [4.78, 5) is 5.63. The summed E-state index contributed by atoms with van der Waals surface area (Å²) >= 11 is 3.57. The molecule has 0 saturated heterocycles. The molecule has 3 nitrogen and oxygen atoms in total. The summed E-state index contributed by atoms with van der Waals surface area (Å²) in [5, 5.41) is 10.7. The van der Waals surface area contributed by atoms with E-state index in [0.717, 1.165) is 16.6 Å². The number of rotatable bonds is 6. The van der Waals surface area contributed by atoms with E-state index in [1.807, 2.05) is 23.4 Å². The van der Waals surface area contributed by atoms with E-state index in [2.05, 4.69) is 43.1 Å². The lowest BCUT2D eigenvalue weighted by Gasteiger charge is -2.07. The van der Waals surface area contributed by atoms with E-state index >= 15 is 0 Å². The van der Waals surface area contributed by atoms with Gasteiger partial charge in [-0.15, -0.1) is 11.8 Å². The van der Waals surface area contributed by atoms with Crippen molar-refractivity contribution in [3.63, 3.8) is 0 Å². The van der Waals surface area contributed by atoms with Gasteiger partial charge in [0.2, 0.25) is 0 Å². The zero-order chi connectivity index (χ0) is 14.5. The van der Waals surface area contributed by atoms with Crippen molar-refractivity contribution in [3.05, 3.63) is 41.7 Å². The molecule has 0 aliphatic heterocycles. The highest BCUT2D eigenvalue weighted by molar-refractivity contribution is 8.00. The SMILES string of the molecule is CC(C)Sc1ccc(CSc2ncc(CO)n2C)cc1. The summed E-state index contributed by atoms with van der Waals surface area (Å²) in [6.07, 6.45) is 1.73. The average Bonchev–Trinajstić information content (AvgIpc) is 2.78. The third-order valence-corrected chi connectivity index (χ3v) is 5.00. The highest BCUT2D eigenvalue weighted by Gasteiger charge is 2.06. The zero-order valence-electron chi connectivity index (χ0n) is 12.0. The van der Waals surface area contributed by atoms with Gasteiger partial charge in [0.05, 0.1) is 18.5 Å². The second-order valence-corrected chi connectivity index (χ2v) is 7.44. The van der Waals surface area contributed by atoms with Crippen LogP contribution in [0, 0.1) is 0 Å². The number of nitrogens with zero attached hydrogens (tertiary/aromatic N) is 2. The first kappa shape index (κ1) is 15.5. The van der Waals surface area contributed by atoms with Gasteiger partial charge < -0.3 is 9.67 Å². The Morgan fingerprint density at radius 3 is 2.50 bits per heavy atom. The Hall–Kier alpha value is -0.910. The van der Waals surface area contributed by atoms with Crippen molar-refractivity contribution < 1.29 is 5.11 Å². The van der Waals surface area contributed by atoms with Crippen LogP contribution in [0.5, 0.6) is 0 Å². The van der Waals surface area contributed by atoms with Crippen LogP contribution in [-0.2, 0) is 19.4 Å². The largest absolute Gasteiger partial charge is 0.390 e. The van der Waals surface area contributed by atoms with Gasteiger partial charge in [0.25, 0.3) is 0 Å². The number of aliphatic hydroxyl groups is 1. The van der Waals surface area contributed by atoms with E-state index in [9.17, 15) is 0 Å². The molecule has 0 bridgehead atoms. The smallest absolute Gasteiger partial charge is 0.168 e. The van der Waals surface area contributed by atoms with Gasteiger partial charge in [0.15, 0.2) is 5.16 Å². The van der Waals surface area contributed by atoms with E-state index in [4.69, 9.17) is 5.11 Å². The molecule has 0 saturated carbocycles. The Kier molecular flexibility index (Phi) is 5.57. The predicted molar refractivity (Wildman–Crippen MR) is 86.1 cm³/mol. The van der Waals surface area contributed by atoms with Gasteiger partial charge >= 0.3 is 0 Å². The number of aromatic nitrogens is 2. The highest BCUT2D eigenvalue weighted by atomic mass is 32.2. The Morgan fingerprint density at radius 1 is 1.25 bits per heavy atom. The Balaban J connectivity index is 1.95. The van der Waals surface area contributed by atoms with Gasteiger partial charge in [-0.1, -0.05) is 37.7 Å². The molecule has 1 N–H and O–H groups in total. The van der Waals surface area contributed by atoms with Crippen LogP contribution in [0.1, 0.15) is 25.1 Å². The first-order chi connectivity index (χ1) is 9.60. The minimum atomic E-state index is 0.0329. The molecule has 0 fully saturated rings. The van der Waals surface area contributed by atoms with Crippen LogP contribution in [0.15, 0.2) is 40.5 Å². The average molecular weight is 308 g/mol. The van der Waals surface area contributed by atoms with Gasteiger partial charge in [-0.05, 0) is 17.7 Å². The predicted octanol–water partition coefficient (Wildman–Crippen LogP) is 3.71. The standard InChI is InChI=1S/C15H20N2OS2/c1-11(2)20-14-6-4-12(5-7-14)10-19-15-16-8-13(9-18)17(15)3/h4-8,11,18H,9-10H2,1-3H3. The number of thioether (sulfide) groups is 2. The van der Waals surface area contributed by atoms with Gasteiger partial charge in [0, 0.05) is 22.9 Å². The summed E-state index contributed by atoms with van der Waals surface area (Å²) in [6.45, 7) is 4.44. The van der Waals surface area contributed by atoms with Gasteiger partial charge in [-0.2, -0.15) is 0 Å². The molecule has 1 aromatic carbocycles. The number of aliphatic hydroxyl groups excluding tert-OH is 1. The number of benzene rings is 1. The van der Waals surface area contributed by atoms with Gasteiger partial charge in [-0.25, -0.2) is 4.98 Å². The molecule has 0 unspecified atom stereocenters. The second kappa shape index (κ2) is 7.20. The number of hydrogen-bond donors (Lipinski definition) is 1.